The van der Waals surface area contributed by atoms with Crippen LogP contribution in [0.15, 0.2) is 48.5 Å². The Hall–Kier alpha value is -2.56. The smallest absolute Gasteiger partial charge is 0.319 e. The molecule has 110 valence electrons. The van der Waals surface area contributed by atoms with Gasteiger partial charge in [-0.05, 0) is 48.9 Å². The van der Waals surface area contributed by atoms with Crippen LogP contribution >= 0.6 is 0 Å². The summed E-state index contributed by atoms with van der Waals surface area (Å²) in [6.45, 7) is 1.87. The monoisotopic (exact) mass is 288 g/mol. The van der Waals surface area contributed by atoms with Crippen LogP contribution in [0.1, 0.15) is 18.5 Å². The largest absolute Gasteiger partial charge is 0.497 e. The number of anilines is 1. The Labute approximate surface area is 122 Å². The van der Waals surface area contributed by atoms with Crippen molar-refractivity contribution in [3.05, 3.63) is 59.9 Å². The number of urea groups is 1. The number of benzene rings is 2. The van der Waals surface area contributed by atoms with Gasteiger partial charge in [-0.3, -0.25) is 0 Å². The summed E-state index contributed by atoms with van der Waals surface area (Å²) in [5, 5.41) is 5.46. The zero-order valence-electron chi connectivity index (χ0n) is 11.9. The molecule has 0 bridgehead atoms. The lowest BCUT2D eigenvalue weighted by Crippen LogP contribution is -2.31. The Balaban J connectivity index is 1.96. The van der Waals surface area contributed by atoms with E-state index in [0.717, 1.165) is 11.3 Å². The predicted octanol–water partition coefficient (Wildman–Crippen LogP) is 3.72. The molecule has 5 heteroatoms. The number of hydrogen-bond donors (Lipinski definition) is 2. The van der Waals surface area contributed by atoms with Crippen LogP contribution in [0.25, 0.3) is 0 Å². The summed E-state index contributed by atoms with van der Waals surface area (Å²) in [6, 6.07) is 12.5. The summed E-state index contributed by atoms with van der Waals surface area (Å²) in [4.78, 5) is 11.9. The molecule has 0 radical (unpaired) electrons. The van der Waals surface area contributed by atoms with Gasteiger partial charge in [-0.15, -0.1) is 0 Å². The molecule has 2 amide bonds. The van der Waals surface area contributed by atoms with Gasteiger partial charge in [-0.2, -0.15) is 0 Å². The van der Waals surface area contributed by atoms with Crippen molar-refractivity contribution in [3.63, 3.8) is 0 Å². The van der Waals surface area contributed by atoms with Crippen molar-refractivity contribution in [2.75, 3.05) is 12.4 Å². The molecule has 0 unspecified atom stereocenters. The number of ether oxygens (including phenoxy) is 1. The topological polar surface area (TPSA) is 50.4 Å². The second kappa shape index (κ2) is 6.74. The van der Waals surface area contributed by atoms with Gasteiger partial charge >= 0.3 is 6.03 Å². The number of amides is 2. The summed E-state index contributed by atoms with van der Waals surface area (Å²) >= 11 is 0. The maximum absolute atomic E-state index is 12.8. The van der Waals surface area contributed by atoms with E-state index in [0.29, 0.717) is 5.69 Å². The number of nitrogens with one attached hydrogen (secondary N) is 2. The van der Waals surface area contributed by atoms with Crippen LogP contribution in [0, 0.1) is 5.82 Å². The molecule has 2 aromatic carbocycles. The molecule has 2 aromatic rings. The molecule has 0 fully saturated rings. The van der Waals surface area contributed by atoms with Crippen LogP contribution in [0.4, 0.5) is 14.9 Å². The van der Waals surface area contributed by atoms with Gasteiger partial charge in [0, 0.05) is 5.69 Å². The van der Waals surface area contributed by atoms with Crippen LogP contribution in [0.3, 0.4) is 0 Å². The molecule has 2 rings (SSSR count). The molecule has 4 nitrogen and oxygen atoms in total. The number of methoxy groups -OCH3 is 1. The average Bonchev–Trinajstić information content (AvgIpc) is 2.49. The van der Waals surface area contributed by atoms with Crippen LogP contribution in [0.2, 0.25) is 0 Å². The lowest BCUT2D eigenvalue weighted by molar-refractivity contribution is 0.249. The third-order valence-corrected chi connectivity index (χ3v) is 3.04. The fourth-order valence-electron chi connectivity index (χ4n) is 1.89. The fraction of sp³-hybridized carbons (Fsp3) is 0.188. The summed E-state index contributed by atoms with van der Waals surface area (Å²) in [5.74, 6) is 0.394. The molecule has 0 saturated heterocycles. The Morgan fingerprint density at radius 2 is 1.90 bits per heavy atom. The third kappa shape index (κ3) is 4.21. The fourth-order valence-corrected chi connectivity index (χ4v) is 1.89. The Morgan fingerprint density at radius 1 is 1.19 bits per heavy atom. The molecule has 0 aliphatic rings. The van der Waals surface area contributed by atoms with E-state index in [9.17, 15) is 9.18 Å². The maximum atomic E-state index is 12.8. The normalized spacial score (nSPS) is 11.6. The van der Waals surface area contributed by atoms with E-state index in [1.54, 1.807) is 7.11 Å². The van der Waals surface area contributed by atoms with Crippen molar-refractivity contribution in [2.24, 2.45) is 0 Å². The molecular formula is C16H17FN2O2. The van der Waals surface area contributed by atoms with Gasteiger partial charge in [0.2, 0.25) is 0 Å². The lowest BCUT2D eigenvalue weighted by atomic mass is 10.1. The van der Waals surface area contributed by atoms with Gasteiger partial charge in [-0.1, -0.05) is 12.1 Å². The standard InChI is InChI=1S/C16H17FN2O2/c1-11(12-4-3-5-15(10-12)21-2)18-16(20)19-14-8-6-13(17)7-9-14/h3-11H,1-2H3,(H2,18,19,20)/t11-/m0/s1. The molecular weight excluding hydrogens is 271 g/mol. The lowest BCUT2D eigenvalue weighted by Gasteiger charge is -2.15. The molecule has 2 N–H and O–H groups in total. The van der Waals surface area contributed by atoms with Crippen molar-refractivity contribution < 1.29 is 13.9 Å². The highest BCUT2D eigenvalue weighted by Gasteiger charge is 2.10. The number of carbonyl (C=O) groups is 1. The van der Waals surface area contributed by atoms with E-state index < -0.39 is 0 Å². The molecule has 0 heterocycles. The van der Waals surface area contributed by atoms with Gasteiger partial charge in [0.05, 0.1) is 13.2 Å². The van der Waals surface area contributed by atoms with E-state index in [1.807, 2.05) is 31.2 Å². The second-order valence-electron chi connectivity index (χ2n) is 4.60. The summed E-state index contributed by atoms with van der Waals surface area (Å²) < 4.78 is 17.9. The van der Waals surface area contributed by atoms with E-state index >= 15 is 0 Å². The molecule has 0 spiro atoms. The first-order valence-corrected chi connectivity index (χ1v) is 6.55. The highest BCUT2D eigenvalue weighted by Crippen LogP contribution is 2.19. The maximum Gasteiger partial charge on any atom is 0.319 e. The van der Waals surface area contributed by atoms with E-state index in [1.165, 1.54) is 24.3 Å². The van der Waals surface area contributed by atoms with E-state index in [4.69, 9.17) is 4.74 Å². The predicted molar refractivity (Wildman–Crippen MR) is 80.0 cm³/mol. The first-order valence-electron chi connectivity index (χ1n) is 6.55. The first kappa shape index (κ1) is 14.8. The second-order valence-corrected chi connectivity index (χ2v) is 4.60. The molecule has 1 atom stereocenters. The minimum atomic E-state index is -0.350. The van der Waals surface area contributed by atoms with E-state index in [2.05, 4.69) is 10.6 Å². The van der Waals surface area contributed by atoms with Gasteiger partial charge in [0.15, 0.2) is 0 Å². The van der Waals surface area contributed by atoms with Crippen molar-refractivity contribution in [1.82, 2.24) is 5.32 Å². The Kier molecular flexibility index (Phi) is 4.77. The van der Waals surface area contributed by atoms with Crippen LogP contribution in [0.5, 0.6) is 5.75 Å². The van der Waals surface area contributed by atoms with Crippen LogP contribution < -0.4 is 15.4 Å². The number of halogens is 1. The van der Waals surface area contributed by atoms with Gasteiger partial charge in [0.1, 0.15) is 11.6 Å². The van der Waals surface area contributed by atoms with Gasteiger partial charge < -0.3 is 15.4 Å². The van der Waals surface area contributed by atoms with Crippen molar-refractivity contribution in [2.45, 2.75) is 13.0 Å². The summed E-state index contributed by atoms with van der Waals surface area (Å²) in [5.41, 5.74) is 1.47. The molecule has 21 heavy (non-hydrogen) atoms. The van der Waals surface area contributed by atoms with Crippen LogP contribution in [-0.4, -0.2) is 13.1 Å². The highest BCUT2D eigenvalue weighted by molar-refractivity contribution is 5.89. The minimum Gasteiger partial charge on any atom is -0.497 e. The van der Waals surface area contributed by atoms with Crippen molar-refractivity contribution in [3.8, 4) is 5.75 Å². The molecule has 0 aromatic heterocycles. The number of rotatable bonds is 4. The quantitative estimate of drug-likeness (QED) is 0.901. The molecule has 0 aliphatic heterocycles. The van der Waals surface area contributed by atoms with E-state index in [-0.39, 0.29) is 17.9 Å². The SMILES string of the molecule is COc1cccc([C@H](C)NC(=O)Nc2ccc(F)cc2)c1. The summed E-state index contributed by atoms with van der Waals surface area (Å²) in [7, 11) is 1.60. The Morgan fingerprint density at radius 3 is 2.57 bits per heavy atom. The first-order chi connectivity index (χ1) is 10.1. The van der Waals surface area contributed by atoms with Gasteiger partial charge in [0.25, 0.3) is 0 Å². The summed E-state index contributed by atoms with van der Waals surface area (Å²) in [6.07, 6.45) is 0. The average molecular weight is 288 g/mol. The van der Waals surface area contributed by atoms with Gasteiger partial charge in [-0.25, -0.2) is 9.18 Å². The molecule has 0 aliphatic carbocycles. The molecule has 0 saturated carbocycles. The highest BCUT2D eigenvalue weighted by atomic mass is 19.1. The third-order valence-electron chi connectivity index (χ3n) is 3.04. The van der Waals surface area contributed by atoms with Crippen molar-refractivity contribution >= 4 is 11.7 Å². The Bertz CT molecular complexity index is 614. The zero-order valence-corrected chi connectivity index (χ0v) is 11.9. The van der Waals surface area contributed by atoms with Crippen molar-refractivity contribution in [1.29, 1.82) is 0 Å². The zero-order chi connectivity index (χ0) is 15.2. The number of carbonyl (C=O) groups excluding carboxylic acids is 1. The number of hydrogen-bond acceptors (Lipinski definition) is 2. The van der Waals surface area contributed by atoms with Crippen LogP contribution in [-0.2, 0) is 0 Å². The minimum absolute atomic E-state index is 0.180.